The zero-order valence-electron chi connectivity index (χ0n) is 11.3. The molecule has 19 heavy (non-hydrogen) atoms. The lowest BCUT2D eigenvalue weighted by Gasteiger charge is -2.03. The van der Waals surface area contributed by atoms with Gasteiger partial charge in [0.2, 0.25) is 11.4 Å². The molecule has 0 aromatic carbocycles. The van der Waals surface area contributed by atoms with Crippen LogP contribution in [0.4, 0.5) is 0 Å². The Morgan fingerprint density at radius 1 is 0.947 bits per heavy atom. The van der Waals surface area contributed by atoms with Gasteiger partial charge in [0.25, 0.3) is 0 Å². The second kappa shape index (κ2) is 8.23. The molecule has 0 fully saturated rings. The van der Waals surface area contributed by atoms with Crippen molar-refractivity contribution in [2.24, 2.45) is 0 Å². The van der Waals surface area contributed by atoms with Crippen LogP contribution in [0.15, 0.2) is 0 Å². The highest BCUT2D eigenvalue weighted by atomic mass is 16.5. The van der Waals surface area contributed by atoms with Gasteiger partial charge in [0.15, 0.2) is 0 Å². The van der Waals surface area contributed by atoms with Gasteiger partial charge in [0.05, 0.1) is 13.2 Å². The number of hydrogen-bond donors (Lipinski definition) is 1. The molecule has 1 rings (SSSR count). The molecule has 1 aromatic rings. The molecular formula is C12H19N3O4. The SMILES string of the molecule is CCCCOC(=O)c1n[nH]nc1C(=O)OCCCC. The summed E-state index contributed by atoms with van der Waals surface area (Å²) in [5, 5.41) is 9.50. The molecule has 1 heterocycles. The summed E-state index contributed by atoms with van der Waals surface area (Å²) in [7, 11) is 0. The van der Waals surface area contributed by atoms with Crippen molar-refractivity contribution in [2.45, 2.75) is 39.5 Å². The molecule has 0 aliphatic heterocycles. The standard InChI is InChI=1S/C12H19N3O4/c1-3-5-7-18-11(16)9-10(14-15-13-9)12(17)19-8-6-4-2/h3-8H2,1-2H3,(H,13,14,15). The molecule has 1 aromatic heterocycles. The van der Waals surface area contributed by atoms with E-state index < -0.39 is 11.9 Å². The summed E-state index contributed by atoms with van der Waals surface area (Å²) in [6.45, 7) is 4.57. The second-order valence-corrected chi connectivity index (χ2v) is 4.00. The van der Waals surface area contributed by atoms with E-state index in [2.05, 4.69) is 15.4 Å². The molecule has 7 heteroatoms. The number of unbranched alkanes of at least 4 members (excludes halogenated alkanes) is 2. The van der Waals surface area contributed by atoms with Crippen LogP contribution in [0.25, 0.3) is 0 Å². The van der Waals surface area contributed by atoms with Crippen molar-refractivity contribution < 1.29 is 19.1 Å². The van der Waals surface area contributed by atoms with E-state index in [9.17, 15) is 9.59 Å². The number of nitrogens with one attached hydrogen (secondary N) is 1. The van der Waals surface area contributed by atoms with Crippen molar-refractivity contribution >= 4 is 11.9 Å². The lowest BCUT2D eigenvalue weighted by molar-refractivity contribution is 0.0445. The number of hydrogen-bond acceptors (Lipinski definition) is 6. The van der Waals surface area contributed by atoms with E-state index in [1.54, 1.807) is 0 Å². The normalized spacial score (nSPS) is 10.2. The molecule has 0 atom stereocenters. The number of aromatic nitrogens is 3. The fourth-order valence-electron chi connectivity index (χ4n) is 1.27. The molecule has 0 saturated carbocycles. The van der Waals surface area contributed by atoms with Crippen molar-refractivity contribution in [1.82, 2.24) is 15.4 Å². The van der Waals surface area contributed by atoms with Crippen LogP contribution in [0.2, 0.25) is 0 Å². The number of aromatic amines is 1. The van der Waals surface area contributed by atoms with Crippen LogP contribution in [0.3, 0.4) is 0 Å². The van der Waals surface area contributed by atoms with Crippen LogP contribution in [-0.4, -0.2) is 40.6 Å². The Kier molecular flexibility index (Phi) is 6.56. The van der Waals surface area contributed by atoms with Crippen LogP contribution >= 0.6 is 0 Å². The van der Waals surface area contributed by atoms with Gasteiger partial charge < -0.3 is 9.47 Å². The molecule has 0 amide bonds. The number of carbonyl (C=O) groups excluding carboxylic acids is 2. The number of esters is 2. The van der Waals surface area contributed by atoms with E-state index in [0.29, 0.717) is 13.2 Å². The van der Waals surface area contributed by atoms with Crippen molar-refractivity contribution in [1.29, 1.82) is 0 Å². The van der Waals surface area contributed by atoms with Gasteiger partial charge in [-0.2, -0.15) is 5.21 Å². The quantitative estimate of drug-likeness (QED) is 0.570. The first-order valence-electron chi connectivity index (χ1n) is 6.45. The number of rotatable bonds is 8. The maximum absolute atomic E-state index is 11.7. The first-order chi connectivity index (χ1) is 9.20. The Balaban J connectivity index is 2.58. The second-order valence-electron chi connectivity index (χ2n) is 4.00. The zero-order chi connectivity index (χ0) is 14.1. The molecule has 0 bridgehead atoms. The molecule has 0 spiro atoms. The smallest absolute Gasteiger partial charge is 0.361 e. The molecule has 0 unspecified atom stereocenters. The third-order valence-electron chi connectivity index (χ3n) is 2.40. The number of ether oxygens (including phenoxy) is 2. The van der Waals surface area contributed by atoms with Gasteiger partial charge in [-0.25, -0.2) is 9.59 Å². The van der Waals surface area contributed by atoms with Gasteiger partial charge in [-0.1, -0.05) is 26.7 Å². The Hall–Kier alpha value is -1.92. The first kappa shape index (κ1) is 15.1. The van der Waals surface area contributed by atoms with Crippen LogP contribution in [0.5, 0.6) is 0 Å². The van der Waals surface area contributed by atoms with Gasteiger partial charge in [0.1, 0.15) is 0 Å². The van der Waals surface area contributed by atoms with Crippen molar-refractivity contribution in [3.05, 3.63) is 11.4 Å². The van der Waals surface area contributed by atoms with Gasteiger partial charge in [0, 0.05) is 0 Å². The molecule has 7 nitrogen and oxygen atoms in total. The Morgan fingerprint density at radius 3 is 1.74 bits per heavy atom. The summed E-state index contributed by atoms with van der Waals surface area (Å²) in [5.74, 6) is -1.32. The molecule has 1 N–H and O–H groups in total. The topological polar surface area (TPSA) is 94.2 Å². The maximum Gasteiger partial charge on any atom is 0.361 e. The summed E-state index contributed by atoms with van der Waals surface area (Å²) < 4.78 is 9.95. The monoisotopic (exact) mass is 269 g/mol. The van der Waals surface area contributed by atoms with Gasteiger partial charge >= 0.3 is 11.9 Å². The first-order valence-corrected chi connectivity index (χ1v) is 6.45. The minimum atomic E-state index is -0.662. The van der Waals surface area contributed by atoms with Crippen LogP contribution in [0, 0.1) is 0 Å². The summed E-state index contributed by atoms with van der Waals surface area (Å²) in [6.07, 6.45) is 3.36. The lowest BCUT2D eigenvalue weighted by Crippen LogP contribution is -2.15. The largest absolute Gasteiger partial charge is 0.461 e. The van der Waals surface area contributed by atoms with E-state index >= 15 is 0 Å². The van der Waals surface area contributed by atoms with Gasteiger partial charge in [-0.15, -0.1) is 10.2 Å². The highest BCUT2D eigenvalue weighted by molar-refractivity contribution is 6.00. The van der Waals surface area contributed by atoms with Crippen molar-refractivity contribution in [2.75, 3.05) is 13.2 Å². The molecular weight excluding hydrogens is 250 g/mol. The number of nitrogens with zero attached hydrogens (tertiary/aromatic N) is 2. The Labute approximate surface area is 111 Å². The minimum Gasteiger partial charge on any atom is -0.461 e. The predicted molar refractivity (Wildman–Crippen MR) is 66.8 cm³/mol. The van der Waals surface area contributed by atoms with E-state index in [0.717, 1.165) is 25.7 Å². The molecule has 106 valence electrons. The van der Waals surface area contributed by atoms with Gasteiger partial charge in [-0.05, 0) is 12.8 Å². The van der Waals surface area contributed by atoms with E-state index in [1.165, 1.54) is 0 Å². The fraction of sp³-hybridized carbons (Fsp3) is 0.667. The minimum absolute atomic E-state index is 0.127. The zero-order valence-corrected chi connectivity index (χ0v) is 11.3. The summed E-state index contributed by atoms with van der Waals surface area (Å²) in [6, 6.07) is 0. The van der Waals surface area contributed by atoms with Crippen LogP contribution in [0.1, 0.15) is 60.5 Å². The fourth-order valence-corrected chi connectivity index (χ4v) is 1.27. The number of H-pyrrole nitrogens is 1. The average molecular weight is 269 g/mol. The lowest BCUT2D eigenvalue weighted by atomic mass is 10.3. The highest BCUT2D eigenvalue weighted by Crippen LogP contribution is 2.06. The summed E-state index contributed by atoms with van der Waals surface area (Å²) in [4.78, 5) is 23.4. The van der Waals surface area contributed by atoms with Crippen LogP contribution in [-0.2, 0) is 9.47 Å². The molecule has 0 saturated heterocycles. The molecule has 0 aliphatic carbocycles. The molecule has 0 radical (unpaired) electrons. The van der Waals surface area contributed by atoms with E-state index in [4.69, 9.17) is 9.47 Å². The average Bonchev–Trinajstić information content (AvgIpc) is 2.88. The van der Waals surface area contributed by atoms with Crippen LogP contribution < -0.4 is 0 Å². The molecule has 0 aliphatic rings. The third kappa shape index (κ3) is 4.69. The number of carbonyl (C=O) groups is 2. The summed E-state index contributed by atoms with van der Waals surface area (Å²) >= 11 is 0. The van der Waals surface area contributed by atoms with Crippen molar-refractivity contribution in [3.8, 4) is 0 Å². The van der Waals surface area contributed by atoms with E-state index in [1.807, 2.05) is 13.8 Å². The summed E-state index contributed by atoms with van der Waals surface area (Å²) in [5.41, 5.74) is -0.254. The van der Waals surface area contributed by atoms with Crippen molar-refractivity contribution in [3.63, 3.8) is 0 Å². The Bertz CT molecular complexity index is 380. The predicted octanol–water partition coefficient (Wildman–Crippen LogP) is 1.72. The maximum atomic E-state index is 11.7. The Morgan fingerprint density at radius 2 is 1.37 bits per heavy atom. The van der Waals surface area contributed by atoms with Gasteiger partial charge in [-0.3, -0.25) is 0 Å². The third-order valence-corrected chi connectivity index (χ3v) is 2.40. The van der Waals surface area contributed by atoms with E-state index in [-0.39, 0.29) is 11.4 Å². The highest BCUT2D eigenvalue weighted by Gasteiger charge is 2.24.